The number of aryl methyl sites for hydroxylation is 3. The molecule has 0 aliphatic heterocycles. The number of halogens is 1. The molecule has 0 aliphatic carbocycles. The molecular weight excluding hydrogens is 288 g/mol. The van der Waals surface area contributed by atoms with Gasteiger partial charge in [0.05, 0.1) is 0 Å². The van der Waals surface area contributed by atoms with Crippen molar-refractivity contribution in [2.45, 2.75) is 20.8 Å². The monoisotopic (exact) mass is 304 g/mol. The van der Waals surface area contributed by atoms with Crippen molar-refractivity contribution >= 4 is 40.3 Å². The standard InChI is InChI=1S/C16H17ClN2S/c1-10-4-6-14(11(2)8-10)18-16(20)19-15-7-5-13(17)9-12(15)3/h4-9H,1-3H3,(H2,18,19,20). The molecule has 0 aliphatic rings. The highest BCUT2D eigenvalue weighted by molar-refractivity contribution is 7.80. The fourth-order valence-electron chi connectivity index (χ4n) is 2.00. The van der Waals surface area contributed by atoms with Crippen LogP contribution in [0.5, 0.6) is 0 Å². The van der Waals surface area contributed by atoms with Crippen LogP contribution in [0.4, 0.5) is 11.4 Å². The number of hydrogen-bond donors (Lipinski definition) is 2. The van der Waals surface area contributed by atoms with Crippen molar-refractivity contribution < 1.29 is 0 Å². The van der Waals surface area contributed by atoms with Crippen molar-refractivity contribution in [3.8, 4) is 0 Å². The van der Waals surface area contributed by atoms with Gasteiger partial charge in [-0.3, -0.25) is 0 Å². The van der Waals surface area contributed by atoms with E-state index in [-0.39, 0.29) is 0 Å². The van der Waals surface area contributed by atoms with Gasteiger partial charge in [0.2, 0.25) is 0 Å². The zero-order valence-electron chi connectivity index (χ0n) is 11.8. The fourth-order valence-corrected chi connectivity index (χ4v) is 2.44. The Balaban J connectivity index is 2.09. The highest BCUT2D eigenvalue weighted by Crippen LogP contribution is 2.21. The number of rotatable bonds is 2. The van der Waals surface area contributed by atoms with Crippen molar-refractivity contribution in [2.24, 2.45) is 0 Å². The zero-order valence-corrected chi connectivity index (χ0v) is 13.3. The van der Waals surface area contributed by atoms with Crippen LogP contribution in [0, 0.1) is 20.8 Å². The fraction of sp³-hybridized carbons (Fsp3) is 0.188. The normalized spacial score (nSPS) is 10.2. The molecule has 2 aromatic carbocycles. The molecule has 0 saturated heterocycles. The topological polar surface area (TPSA) is 24.1 Å². The van der Waals surface area contributed by atoms with Crippen molar-refractivity contribution in [1.29, 1.82) is 0 Å². The third-order valence-corrected chi connectivity index (χ3v) is 3.51. The Bertz CT molecular complexity index is 597. The van der Waals surface area contributed by atoms with Crippen LogP contribution in [0.3, 0.4) is 0 Å². The molecule has 0 fully saturated rings. The number of hydrogen-bond acceptors (Lipinski definition) is 1. The predicted molar refractivity (Wildman–Crippen MR) is 91.9 cm³/mol. The lowest BCUT2D eigenvalue weighted by Gasteiger charge is -2.14. The maximum atomic E-state index is 5.94. The molecule has 2 aromatic rings. The van der Waals surface area contributed by atoms with Crippen LogP contribution in [0.2, 0.25) is 5.02 Å². The van der Waals surface area contributed by atoms with Gasteiger partial charge >= 0.3 is 0 Å². The van der Waals surface area contributed by atoms with Gasteiger partial charge in [-0.25, -0.2) is 0 Å². The maximum absolute atomic E-state index is 5.94. The van der Waals surface area contributed by atoms with Crippen molar-refractivity contribution in [3.05, 3.63) is 58.1 Å². The van der Waals surface area contributed by atoms with Crippen LogP contribution in [0.15, 0.2) is 36.4 Å². The Morgan fingerprint density at radius 3 is 2.00 bits per heavy atom. The highest BCUT2D eigenvalue weighted by atomic mass is 35.5. The molecule has 0 saturated carbocycles. The third-order valence-electron chi connectivity index (χ3n) is 3.07. The second kappa shape index (κ2) is 6.25. The smallest absolute Gasteiger partial charge is 0.175 e. The van der Waals surface area contributed by atoms with Gasteiger partial charge in [-0.05, 0) is 68.4 Å². The van der Waals surface area contributed by atoms with E-state index in [1.54, 1.807) is 0 Å². The second-order valence-electron chi connectivity index (χ2n) is 4.86. The summed E-state index contributed by atoms with van der Waals surface area (Å²) in [6.45, 7) is 6.13. The molecular formula is C16H17ClN2S. The highest BCUT2D eigenvalue weighted by Gasteiger charge is 2.04. The molecule has 2 nitrogen and oxygen atoms in total. The summed E-state index contributed by atoms with van der Waals surface area (Å²) in [4.78, 5) is 0. The molecule has 0 aromatic heterocycles. The first kappa shape index (κ1) is 14.8. The quantitative estimate of drug-likeness (QED) is 0.757. The molecule has 0 unspecified atom stereocenters. The molecule has 0 spiro atoms. The van der Waals surface area contributed by atoms with Crippen LogP contribution in [-0.2, 0) is 0 Å². The Hall–Kier alpha value is -1.58. The van der Waals surface area contributed by atoms with E-state index in [1.165, 1.54) is 11.1 Å². The summed E-state index contributed by atoms with van der Waals surface area (Å²) in [6.07, 6.45) is 0. The van der Waals surface area contributed by atoms with Crippen LogP contribution >= 0.6 is 23.8 Å². The van der Waals surface area contributed by atoms with Crippen molar-refractivity contribution in [1.82, 2.24) is 0 Å². The minimum absolute atomic E-state index is 0.572. The molecule has 0 heterocycles. The molecule has 0 radical (unpaired) electrons. The van der Waals surface area contributed by atoms with E-state index in [4.69, 9.17) is 23.8 Å². The van der Waals surface area contributed by atoms with Crippen LogP contribution in [0.1, 0.15) is 16.7 Å². The number of anilines is 2. The van der Waals surface area contributed by atoms with Gasteiger partial charge < -0.3 is 10.6 Å². The second-order valence-corrected chi connectivity index (χ2v) is 5.70. The summed E-state index contributed by atoms with van der Waals surface area (Å²) in [7, 11) is 0. The molecule has 0 amide bonds. The molecule has 0 atom stereocenters. The molecule has 2 rings (SSSR count). The first-order valence-electron chi connectivity index (χ1n) is 6.37. The molecule has 4 heteroatoms. The van der Waals surface area contributed by atoms with E-state index in [1.807, 2.05) is 31.2 Å². The number of nitrogens with one attached hydrogen (secondary N) is 2. The van der Waals surface area contributed by atoms with Crippen LogP contribution in [0.25, 0.3) is 0 Å². The summed E-state index contributed by atoms with van der Waals surface area (Å²) in [5.74, 6) is 0. The van der Waals surface area contributed by atoms with E-state index in [0.717, 1.165) is 22.0 Å². The lowest BCUT2D eigenvalue weighted by atomic mass is 10.1. The Kier molecular flexibility index (Phi) is 4.63. The number of benzene rings is 2. The van der Waals surface area contributed by atoms with Gasteiger partial charge in [-0.15, -0.1) is 0 Å². The van der Waals surface area contributed by atoms with Gasteiger partial charge in [0, 0.05) is 16.4 Å². The lowest BCUT2D eigenvalue weighted by molar-refractivity contribution is 1.38. The predicted octanol–water partition coefficient (Wildman–Crippen LogP) is 5.07. The minimum Gasteiger partial charge on any atom is -0.332 e. The van der Waals surface area contributed by atoms with Gasteiger partial charge in [-0.1, -0.05) is 29.3 Å². The molecule has 20 heavy (non-hydrogen) atoms. The van der Waals surface area contributed by atoms with Crippen molar-refractivity contribution in [3.63, 3.8) is 0 Å². The summed E-state index contributed by atoms with van der Waals surface area (Å²) in [5.41, 5.74) is 5.43. The van der Waals surface area contributed by atoms with Gasteiger partial charge in [0.15, 0.2) is 5.11 Å². The summed E-state index contributed by atoms with van der Waals surface area (Å²) in [5, 5.41) is 7.70. The Morgan fingerprint density at radius 2 is 1.45 bits per heavy atom. The van der Waals surface area contributed by atoms with Crippen LogP contribution in [-0.4, -0.2) is 5.11 Å². The van der Waals surface area contributed by atoms with Gasteiger partial charge in [0.1, 0.15) is 0 Å². The SMILES string of the molecule is Cc1ccc(NC(=S)Nc2ccc(Cl)cc2C)c(C)c1. The van der Waals surface area contributed by atoms with E-state index >= 15 is 0 Å². The Morgan fingerprint density at radius 1 is 0.900 bits per heavy atom. The summed E-state index contributed by atoms with van der Waals surface area (Å²) < 4.78 is 0. The van der Waals surface area contributed by atoms with E-state index in [2.05, 4.69) is 36.6 Å². The van der Waals surface area contributed by atoms with Crippen molar-refractivity contribution in [2.75, 3.05) is 10.6 Å². The third kappa shape index (κ3) is 3.71. The van der Waals surface area contributed by atoms with E-state index < -0.39 is 0 Å². The molecule has 0 bridgehead atoms. The first-order chi connectivity index (χ1) is 9.45. The average Bonchev–Trinajstić information content (AvgIpc) is 2.36. The summed E-state index contributed by atoms with van der Waals surface area (Å²) in [6, 6.07) is 11.9. The van der Waals surface area contributed by atoms with E-state index in [9.17, 15) is 0 Å². The number of thiocarbonyl (C=S) groups is 1. The molecule has 104 valence electrons. The van der Waals surface area contributed by atoms with Crippen LogP contribution < -0.4 is 10.6 Å². The maximum Gasteiger partial charge on any atom is 0.175 e. The largest absolute Gasteiger partial charge is 0.332 e. The Labute approximate surface area is 130 Å². The summed E-state index contributed by atoms with van der Waals surface area (Å²) >= 11 is 11.3. The zero-order chi connectivity index (χ0) is 14.7. The van der Waals surface area contributed by atoms with Gasteiger partial charge in [0.25, 0.3) is 0 Å². The minimum atomic E-state index is 0.572. The average molecular weight is 305 g/mol. The first-order valence-corrected chi connectivity index (χ1v) is 7.16. The molecule has 2 N–H and O–H groups in total. The van der Waals surface area contributed by atoms with Gasteiger partial charge in [-0.2, -0.15) is 0 Å². The van der Waals surface area contributed by atoms with E-state index in [0.29, 0.717) is 5.11 Å². The lowest BCUT2D eigenvalue weighted by Crippen LogP contribution is -2.20.